The van der Waals surface area contributed by atoms with Crippen molar-refractivity contribution in [3.8, 4) is 34.5 Å². The van der Waals surface area contributed by atoms with Gasteiger partial charge in [0.1, 0.15) is 24.7 Å². The van der Waals surface area contributed by atoms with Gasteiger partial charge >= 0.3 is 5.97 Å². The molecule has 6 rings (SSSR count). The van der Waals surface area contributed by atoms with Crippen LogP contribution in [-0.2, 0) is 30.8 Å². The molecule has 3 aromatic carbocycles. The van der Waals surface area contributed by atoms with Crippen LogP contribution in [0.3, 0.4) is 0 Å². The highest BCUT2D eigenvalue weighted by Gasteiger charge is 2.16. The number of para-hydroxylation sites is 1. The first-order valence-corrected chi connectivity index (χ1v) is 16.7. The van der Waals surface area contributed by atoms with Crippen molar-refractivity contribution in [2.45, 2.75) is 46.8 Å². The van der Waals surface area contributed by atoms with E-state index in [-0.39, 0.29) is 19.6 Å². The number of carboxylic acids is 1. The Morgan fingerprint density at radius 3 is 2.49 bits per heavy atom. The topological polar surface area (TPSA) is 122 Å². The number of benzene rings is 3. The number of aryl methyl sites for hydroxylation is 3. The first kappa shape index (κ1) is 33.2. The second kappa shape index (κ2) is 15.0. The van der Waals surface area contributed by atoms with Crippen molar-refractivity contribution in [2.75, 3.05) is 7.11 Å². The zero-order chi connectivity index (χ0) is 34.3. The predicted molar refractivity (Wildman–Crippen MR) is 188 cm³/mol. The van der Waals surface area contributed by atoms with Gasteiger partial charge in [-0.3, -0.25) is 4.79 Å². The molecular weight excluding hydrogens is 641 g/mol. The number of ether oxygens (including phenoxy) is 3. The van der Waals surface area contributed by atoms with E-state index >= 15 is 0 Å². The van der Waals surface area contributed by atoms with Gasteiger partial charge in [-0.25, -0.2) is 14.6 Å². The van der Waals surface area contributed by atoms with Crippen molar-refractivity contribution in [2.24, 2.45) is 0 Å². The number of thiazole rings is 1. The summed E-state index contributed by atoms with van der Waals surface area (Å²) < 4.78 is 25.8. The molecule has 1 N–H and O–H groups in total. The lowest BCUT2D eigenvalue weighted by Gasteiger charge is -2.12. The Morgan fingerprint density at radius 1 is 0.959 bits per heavy atom. The number of carboxylic acid groups (broad SMARTS) is 1. The van der Waals surface area contributed by atoms with Crippen molar-refractivity contribution < 1.29 is 28.5 Å². The van der Waals surface area contributed by atoms with Crippen LogP contribution in [0.5, 0.6) is 17.4 Å². The van der Waals surface area contributed by atoms with E-state index < -0.39 is 5.97 Å². The molecular formula is C38H36N4O6S. The van der Waals surface area contributed by atoms with Crippen LogP contribution in [0, 0.1) is 13.8 Å². The minimum Gasteiger partial charge on any atom is -0.493 e. The molecule has 0 atom stereocenters. The third kappa shape index (κ3) is 8.07. The molecule has 0 bridgehead atoms. The summed E-state index contributed by atoms with van der Waals surface area (Å²) in [5.41, 5.74) is 6.79. The van der Waals surface area contributed by atoms with Gasteiger partial charge in [-0.05, 0) is 79.4 Å². The smallest absolute Gasteiger partial charge is 0.307 e. The number of aromatic nitrogens is 4. The molecule has 6 aromatic rings. The van der Waals surface area contributed by atoms with E-state index in [9.17, 15) is 4.79 Å². The van der Waals surface area contributed by atoms with Crippen molar-refractivity contribution in [1.82, 2.24) is 19.7 Å². The number of oxazole rings is 1. The molecule has 0 saturated carbocycles. The molecule has 0 saturated heterocycles. The summed E-state index contributed by atoms with van der Waals surface area (Å²) in [6, 6.07) is 20.8. The molecule has 0 aliphatic heterocycles. The summed E-state index contributed by atoms with van der Waals surface area (Å²) in [6.45, 7) is 6.41. The lowest BCUT2D eigenvalue weighted by molar-refractivity contribution is -0.136. The minimum atomic E-state index is -0.879. The Bertz CT molecular complexity index is 2090. The van der Waals surface area contributed by atoms with Gasteiger partial charge in [0.25, 0.3) is 0 Å². The molecule has 250 valence electrons. The van der Waals surface area contributed by atoms with Gasteiger partial charge in [-0.1, -0.05) is 43.3 Å². The SMILES string of the molecule is CCc1nc(/C=C/c2cn(-c3ccccc3C)nc2OCc2ccc(OCc3nc(-c4ccc(CC(=O)O)cc4)oc3C)c(OC)c2)cs1. The van der Waals surface area contributed by atoms with E-state index in [1.165, 1.54) is 0 Å². The Morgan fingerprint density at radius 2 is 1.76 bits per heavy atom. The molecule has 3 aromatic heterocycles. The third-order valence-electron chi connectivity index (χ3n) is 7.79. The van der Waals surface area contributed by atoms with E-state index in [1.807, 2.05) is 71.7 Å². The van der Waals surface area contributed by atoms with Crippen molar-refractivity contribution in [3.05, 3.63) is 123 Å². The van der Waals surface area contributed by atoms with Crippen LogP contribution in [-0.4, -0.2) is 37.9 Å². The van der Waals surface area contributed by atoms with Gasteiger partial charge < -0.3 is 23.7 Å². The molecule has 11 heteroatoms. The second-order valence-corrected chi connectivity index (χ2v) is 12.3. The summed E-state index contributed by atoms with van der Waals surface area (Å²) in [6.07, 6.45) is 6.79. The van der Waals surface area contributed by atoms with Crippen molar-refractivity contribution in [1.29, 1.82) is 0 Å². The number of carbonyl (C=O) groups is 1. The maximum absolute atomic E-state index is 11.0. The Labute approximate surface area is 288 Å². The first-order valence-electron chi connectivity index (χ1n) is 15.8. The van der Waals surface area contributed by atoms with E-state index in [0.717, 1.165) is 45.1 Å². The third-order valence-corrected chi connectivity index (χ3v) is 8.80. The van der Waals surface area contributed by atoms with E-state index in [0.29, 0.717) is 40.3 Å². The summed E-state index contributed by atoms with van der Waals surface area (Å²) >= 11 is 1.65. The van der Waals surface area contributed by atoms with Crippen LogP contribution in [0.2, 0.25) is 0 Å². The van der Waals surface area contributed by atoms with Crippen LogP contribution in [0.25, 0.3) is 29.3 Å². The molecule has 0 spiro atoms. The summed E-state index contributed by atoms with van der Waals surface area (Å²) in [5.74, 6) is 1.79. The average Bonchev–Trinajstić information content (AvgIpc) is 3.84. The second-order valence-electron chi connectivity index (χ2n) is 11.3. The van der Waals surface area contributed by atoms with Crippen LogP contribution < -0.4 is 14.2 Å². The molecule has 0 amide bonds. The molecule has 0 aliphatic carbocycles. The fourth-order valence-electron chi connectivity index (χ4n) is 5.13. The van der Waals surface area contributed by atoms with E-state index in [1.54, 1.807) is 42.7 Å². The van der Waals surface area contributed by atoms with Gasteiger partial charge in [0.15, 0.2) is 11.5 Å². The zero-order valence-corrected chi connectivity index (χ0v) is 28.5. The fourth-order valence-corrected chi connectivity index (χ4v) is 5.84. The molecule has 0 fully saturated rings. The maximum atomic E-state index is 11.0. The summed E-state index contributed by atoms with van der Waals surface area (Å²) in [5, 5.41) is 16.9. The van der Waals surface area contributed by atoms with Crippen molar-refractivity contribution in [3.63, 3.8) is 0 Å². The van der Waals surface area contributed by atoms with Gasteiger partial charge in [0.05, 0.1) is 35.5 Å². The molecule has 0 aliphatic rings. The number of hydrogen-bond donors (Lipinski definition) is 1. The Balaban J connectivity index is 1.15. The van der Waals surface area contributed by atoms with Crippen LogP contribution >= 0.6 is 11.3 Å². The first-order chi connectivity index (χ1) is 23.8. The molecule has 3 heterocycles. The highest BCUT2D eigenvalue weighted by molar-refractivity contribution is 7.09. The van der Waals surface area contributed by atoms with Gasteiger partial charge in [-0.2, -0.15) is 0 Å². The Hall–Kier alpha value is -5.68. The van der Waals surface area contributed by atoms with Gasteiger partial charge in [0, 0.05) is 17.1 Å². The standard InChI is InChI=1S/C38H36N4O6S/c1-5-35-39-30(23-49-35)16-15-29-20-42(32-9-7-6-8-24(32)2)41-38(29)47-21-27-12-17-33(34(18-27)45-4)46-22-31-25(3)48-37(40-31)28-13-10-26(11-14-28)19-36(43)44/h6-18,20,23H,5,19,21-22H2,1-4H3,(H,43,44)/b16-15+. The molecule has 0 unspecified atom stereocenters. The zero-order valence-electron chi connectivity index (χ0n) is 27.7. The molecule has 0 radical (unpaired) electrons. The number of hydrogen-bond acceptors (Lipinski definition) is 9. The van der Waals surface area contributed by atoms with E-state index in [2.05, 4.69) is 29.9 Å². The monoisotopic (exact) mass is 676 g/mol. The quantitative estimate of drug-likeness (QED) is 0.122. The summed E-state index contributed by atoms with van der Waals surface area (Å²) in [7, 11) is 1.59. The van der Waals surface area contributed by atoms with Crippen LogP contribution in [0.1, 0.15) is 51.3 Å². The predicted octanol–water partition coefficient (Wildman–Crippen LogP) is 8.13. The maximum Gasteiger partial charge on any atom is 0.307 e. The lowest BCUT2D eigenvalue weighted by Crippen LogP contribution is -2.02. The molecule has 49 heavy (non-hydrogen) atoms. The average molecular weight is 677 g/mol. The van der Waals surface area contributed by atoms with Crippen LogP contribution in [0.4, 0.5) is 0 Å². The van der Waals surface area contributed by atoms with Gasteiger partial charge in [-0.15, -0.1) is 16.4 Å². The van der Waals surface area contributed by atoms with Crippen LogP contribution in [0.15, 0.2) is 82.7 Å². The minimum absolute atomic E-state index is 0.0405. The van der Waals surface area contributed by atoms with Gasteiger partial charge in [0.2, 0.25) is 11.8 Å². The molecule has 10 nitrogen and oxygen atoms in total. The number of nitrogens with zero attached hydrogens (tertiary/aromatic N) is 4. The number of aliphatic carboxylic acids is 1. The highest BCUT2D eigenvalue weighted by atomic mass is 32.1. The summed E-state index contributed by atoms with van der Waals surface area (Å²) in [4.78, 5) is 20.3. The van der Waals surface area contributed by atoms with E-state index in [4.69, 9.17) is 28.8 Å². The highest BCUT2D eigenvalue weighted by Crippen LogP contribution is 2.31. The Kier molecular flexibility index (Phi) is 10.2. The number of rotatable bonds is 14. The lowest BCUT2D eigenvalue weighted by atomic mass is 10.1. The number of methoxy groups -OCH3 is 1. The normalized spacial score (nSPS) is 11.3. The fraction of sp³-hybridized carbons (Fsp3) is 0.211. The van der Waals surface area contributed by atoms with Crippen molar-refractivity contribution >= 4 is 29.5 Å². The largest absolute Gasteiger partial charge is 0.493 e.